The maximum absolute atomic E-state index is 12.5. The van der Waals surface area contributed by atoms with E-state index < -0.39 is 0 Å². The molecule has 4 heteroatoms. The van der Waals surface area contributed by atoms with Gasteiger partial charge in [0.05, 0.1) is 0 Å². The van der Waals surface area contributed by atoms with Crippen molar-refractivity contribution in [3.8, 4) is 0 Å². The molecule has 18 heavy (non-hydrogen) atoms. The topological polar surface area (TPSA) is 41.6 Å². The van der Waals surface area contributed by atoms with Crippen molar-refractivity contribution in [3.63, 3.8) is 0 Å². The lowest BCUT2D eigenvalue weighted by Gasteiger charge is -2.41. The minimum absolute atomic E-state index is 0.176. The van der Waals surface area contributed by atoms with Gasteiger partial charge in [-0.15, -0.1) is 0 Å². The number of nitrogens with one attached hydrogen (secondary N) is 1. The van der Waals surface area contributed by atoms with E-state index >= 15 is 0 Å². The van der Waals surface area contributed by atoms with Crippen molar-refractivity contribution in [1.82, 2.24) is 10.2 Å². The third-order valence-electron chi connectivity index (χ3n) is 3.84. The lowest BCUT2D eigenvalue weighted by molar-refractivity contribution is -0.145. The lowest BCUT2D eigenvalue weighted by atomic mass is 9.98. The van der Waals surface area contributed by atoms with Crippen LogP contribution in [-0.4, -0.2) is 48.7 Å². The van der Waals surface area contributed by atoms with Crippen molar-refractivity contribution in [3.05, 3.63) is 0 Å². The molecule has 0 radical (unpaired) electrons. The molecule has 0 saturated carbocycles. The van der Waals surface area contributed by atoms with Gasteiger partial charge in [0.2, 0.25) is 0 Å². The molecule has 0 aliphatic carbocycles. The Kier molecular flexibility index (Phi) is 4.62. The van der Waals surface area contributed by atoms with Gasteiger partial charge in [-0.25, -0.2) is 0 Å². The number of amides is 1. The Morgan fingerprint density at radius 3 is 2.89 bits per heavy atom. The predicted octanol–water partition coefficient (Wildman–Crippen LogP) is 1.40. The molecule has 2 saturated heterocycles. The second-order valence-electron chi connectivity index (χ2n) is 6.08. The van der Waals surface area contributed by atoms with E-state index in [4.69, 9.17) is 4.74 Å². The summed E-state index contributed by atoms with van der Waals surface area (Å²) >= 11 is 0. The van der Waals surface area contributed by atoms with Gasteiger partial charge in [0.25, 0.3) is 5.91 Å². The highest BCUT2D eigenvalue weighted by Crippen LogP contribution is 2.21. The number of carbonyl (C=O) groups excluding carboxylic acids is 1. The smallest absolute Gasteiger partial charge is 0.252 e. The molecule has 2 aliphatic rings. The van der Waals surface area contributed by atoms with Gasteiger partial charge >= 0.3 is 0 Å². The van der Waals surface area contributed by atoms with Crippen LogP contribution in [0.5, 0.6) is 0 Å². The van der Waals surface area contributed by atoms with E-state index in [2.05, 4.69) is 31.0 Å². The summed E-state index contributed by atoms with van der Waals surface area (Å²) in [6, 6.07) is 0.719. The number of ether oxygens (including phenoxy) is 1. The second-order valence-corrected chi connectivity index (χ2v) is 6.08. The molecular formula is C14H26N2O2. The molecule has 0 aromatic carbocycles. The van der Waals surface area contributed by atoms with Gasteiger partial charge in [0.15, 0.2) is 0 Å². The SMILES string of the molecule is CC(C)CC1CNC(C)CN1C(=O)C1CCCO1. The van der Waals surface area contributed by atoms with Crippen LogP contribution in [0.15, 0.2) is 0 Å². The van der Waals surface area contributed by atoms with E-state index in [0.717, 1.165) is 39.0 Å². The van der Waals surface area contributed by atoms with Gasteiger partial charge in [-0.05, 0) is 32.1 Å². The van der Waals surface area contributed by atoms with Crippen LogP contribution >= 0.6 is 0 Å². The largest absolute Gasteiger partial charge is 0.368 e. The minimum Gasteiger partial charge on any atom is -0.368 e. The minimum atomic E-state index is -0.176. The number of rotatable bonds is 3. The molecule has 0 aromatic rings. The van der Waals surface area contributed by atoms with Crippen molar-refractivity contribution in [1.29, 1.82) is 0 Å². The van der Waals surface area contributed by atoms with Crippen LogP contribution in [0.1, 0.15) is 40.0 Å². The molecule has 2 fully saturated rings. The Bertz CT molecular complexity index is 288. The van der Waals surface area contributed by atoms with Crippen molar-refractivity contribution < 1.29 is 9.53 Å². The molecule has 0 bridgehead atoms. The van der Waals surface area contributed by atoms with Gasteiger partial charge in [0, 0.05) is 31.8 Å². The summed E-state index contributed by atoms with van der Waals surface area (Å²) in [5.74, 6) is 0.830. The molecule has 2 heterocycles. The van der Waals surface area contributed by atoms with E-state index in [1.165, 1.54) is 0 Å². The summed E-state index contributed by atoms with van der Waals surface area (Å²) in [4.78, 5) is 14.6. The van der Waals surface area contributed by atoms with Crippen LogP contribution in [0.4, 0.5) is 0 Å². The van der Waals surface area contributed by atoms with E-state index in [1.807, 2.05) is 0 Å². The Labute approximate surface area is 110 Å². The fourth-order valence-corrected chi connectivity index (χ4v) is 2.94. The van der Waals surface area contributed by atoms with Gasteiger partial charge in [-0.2, -0.15) is 0 Å². The zero-order chi connectivity index (χ0) is 13.1. The quantitative estimate of drug-likeness (QED) is 0.828. The molecule has 2 rings (SSSR count). The maximum atomic E-state index is 12.5. The zero-order valence-corrected chi connectivity index (χ0v) is 11.8. The van der Waals surface area contributed by atoms with Crippen LogP contribution in [0, 0.1) is 5.92 Å². The predicted molar refractivity (Wildman–Crippen MR) is 71.4 cm³/mol. The summed E-state index contributed by atoms with van der Waals surface area (Å²) in [6.45, 7) is 9.04. The summed E-state index contributed by atoms with van der Waals surface area (Å²) in [7, 11) is 0. The first-order valence-corrected chi connectivity index (χ1v) is 7.23. The van der Waals surface area contributed by atoms with Crippen LogP contribution in [0.2, 0.25) is 0 Å². The molecule has 0 spiro atoms. The Hall–Kier alpha value is -0.610. The Morgan fingerprint density at radius 1 is 1.50 bits per heavy atom. The third kappa shape index (κ3) is 3.23. The molecule has 1 N–H and O–H groups in total. The van der Waals surface area contributed by atoms with Gasteiger partial charge in [-0.3, -0.25) is 4.79 Å². The lowest BCUT2D eigenvalue weighted by Crippen LogP contribution is -2.59. The number of hydrogen-bond acceptors (Lipinski definition) is 3. The van der Waals surface area contributed by atoms with Gasteiger partial charge in [0.1, 0.15) is 6.10 Å². The standard InChI is InChI=1S/C14H26N2O2/c1-10(2)7-12-8-15-11(3)9-16(12)14(17)13-5-4-6-18-13/h10-13,15H,4-9H2,1-3H3. The molecular weight excluding hydrogens is 228 g/mol. The summed E-state index contributed by atoms with van der Waals surface area (Å²) in [5.41, 5.74) is 0. The van der Waals surface area contributed by atoms with E-state index in [1.54, 1.807) is 0 Å². The molecule has 2 aliphatic heterocycles. The molecule has 4 nitrogen and oxygen atoms in total. The molecule has 104 valence electrons. The van der Waals surface area contributed by atoms with Crippen LogP contribution in [-0.2, 0) is 9.53 Å². The van der Waals surface area contributed by atoms with Crippen LogP contribution in [0.3, 0.4) is 0 Å². The van der Waals surface area contributed by atoms with Crippen LogP contribution in [0.25, 0.3) is 0 Å². The van der Waals surface area contributed by atoms with E-state index in [-0.39, 0.29) is 12.0 Å². The Morgan fingerprint density at radius 2 is 2.28 bits per heavy atom. The first kappa shape index (κ1) is 13.8. The number of hydrogen-bond donors (Lipinski definition) is 1. The van der Waals surface area contributed by atoms with Crippen molar-refractivity contribution in [2.24, 2.45) is 5.92 Å². The summed E-state index contributed by atoms with van der Waals surface area (Å²) < 4.78 is 5.54. The van der Waals surface area contributed by atoms with E-state index in [9.17, 15) is 4.79 Å². The fourth-order valence-electron chi connectivity index (χ4n) is 2.94. The third-order valence-corrected chi connectivity index (χ3v) is 3.84. The molecule has 0 aromatic heterocycles. The number of carbonyl (C=O) groups is 1. The monoisotopic (exact) mass is 254 g/mol. The highest BCUT2D eigenvalue weighted by molar-refractivity contribution is 5.81. The van der Waals surface area contributed by atoms with Crippen molar-refractivity contribution in [2.45, 2.75) is 58.2 Å². The first-order valence-electron chi connectivity index (χ1n) is 7.23. The van der Waals surface area contributed by atoms with Gasteiger partial charge in [-0.1, -0.05) is 13.8 Å². The highest BCUT2D eigenvalue weighted by Gasteiger charge is 2.35. The number of piperazine rings is 1. The van der Waals surface area contributed by atoms with Crippen molar-refractivity contribution in [2.75, 3.05) is 19.7 Å². The van der Waals surface area contributed by atoms with Crippen LogP contribution < -0.4 is 5.32 Å². The highest BCUT2D eigenvalue weighted by atomic mass is 16.5. The zero-order valence-electron chi connectivity index (χ0n) is 11.8. The summed E-state index contributed by atoms with van der Waals surface area (Å²) in [5, 5.41) is 3.48. The van der Waals surface area contributed by atoms with E-state index in [0.29, 0.717) is 18.0 Å². The number of nitrogens with zero attached hydrogens (tertiary/aromatic N) is 1. The normalized spacial score (nSPS) is 33.1. The average Bonchev–Trinajstić information content (AvgIpc) is 2.83. The first-order chi connectivity index (χ1) is 8.58. The average molecular weight is 254 g/mol. The molecule has 3 unspecified atom stereocenters. The second kappa shape index (κ2) is 6.02. The fraction of sp³-hybridized carbons (Fsp3) is 0.929. The van der Waals surface area contributed by atoms with Crippen molar-refractivity contribution >= 4 is 5.91 Å². The van der Waals surface area contributed by atoms with Gasteiger partial charge < -0.3 is 15.0 Å². The molecule has 3 atom stereocenters. The Balaban J connectivity index is 2.01. The maximum Gasteiger partial charge on any atom is 0.252 e. The summed E-state index contributed by atoms with van der Waals surface area (Å²) in [6.07, 6.45) is 2.81. The molecule has 1 amide bonds.